The van der Waals surface area contributed by atoms with Gasteiger partial charge in [0.25, 0.3) is 0 Å². The lowest BCUT2D eigenvalue weighted by atomic mass is 9.96. The number of ketones is 1. The molecule has 0 spiro atoms. The maximum Gasteiger partial charge on any atom is 0.162 e. The molecule has 1 aromatic rings. The van der Waals surface area contributed by atoms with E-state index < -0.39 is 16.8 Å². The minimum atomic E-state index is -1.30. The van der Waals surface area contributed by atoms with E-state index in [0.717, 1.165) is 0 Å². The molecule has 0 saturated heterocycles. The van der Waals surface area contributed by atoms with E-state index in [-0.39, 0.29) is 5.78 Å². The van der Waals surface area contributed by atoms with Crippen molar-refractivity contribution in [1.29, 1.82) is 5.26 Å². The van der Waals surface area contributed by atoms with Gasteiger partial charge in [-0.05, 0) is 24.1 Å². The van der Waals surface area contributed by atoms with Crippen molar-refractivity contribution in [2.75, 3.05) is 6.26 Å². The minimum Gasteiger partial charge on any atom is -0.402 e. The summed E-state index contributed by atoms with van der Waals surface area (Å²) in [5, 5.41) is 8.91. The van der Waals surface area contributed by atoms with E-state index >= 15 is 0 Å². The normalized spacial score (nSPS) is 17.9. The third-order valence-corrected chi connectivity index (χ3v) is 4.34. The van der Waals surface area contributed by atoms with Gasteiger partial charge in [0.05, 0.1) is 28.5 Å². The molecule has 5 nitrogen and oxygen atoms in total. The Kier molecular flexibility index (Phi) is 4.02. The molecule has 1 aromatic carbocycles. The summed E-state index contributed by atoms with van der Waals surface area (Å²) in [4.78, 5) is 12.3. The van der Waals surface area contributed by atoms with Gasteiger partial charge in [-0.15, -0.1) is 0 Å². The zero-order chi connectivity index (χ0) is 14.9. The number of hydrogen-bond donors (Lipinski definition) is 2. The number of allylic oxidation sites excluding steroid dienone is 1. The second-order valence-corrected chi connectivity index (χ2v) is 6.01. The average Bonchev–Trinajstić information content (AvgIpc) is 2.76. The van der Waals surface area contributed by atoms with Gasteiger partial charge in [-0.3, -0.25) is 9.00 Å². The van der Waals surface area contributed by atoms with Crippen molar-refractivity contribution in [1.82, 2.24) is 0 Å². The molecule has 2 atom stereocenters. The molecule has 0 aliphatic heterocycles. The molecular weight excluding hydrogens is 274 g/mol. The van der Waals surface area contributed by atoms with Crippen molar-refractivity contribution in [2.45, 2.75) is 23.8 Å². The topological polar surface area (TPSA) is 110 Å². The Morgan fingerprint density at radius 3 is 2.60 bits per heavy atom. The largest absolute Gasteiger partial charge is 0.402 e. The maximum atomic E-state index is 11.9. The molecule has 1 aliphatic rings. The fourth-order valence-corrected chi connectivity index (χ4v) is 3.15. The molecule has 0 saturated carbocycles. The highest BCUT2D eigenvalue weighted by molar-refractivity contribution is 7.84. The molecule has 1 aliphatic carbocycles. The van der Waals surface area contributed by atoms with Crippen LogP contribution in [0.25, 0.3) is 0 Å². The van der Waals surface area contributed by atoms with Gasteiger partial charge in [0.1, 0.15) is 0 Å². The van der Waals surface area contributed by atoms with Gasteiger partial charge < -0.3 is 11.5 Å². The molecule has 2 unspecified atom stereocenters. The van der Waals surface area contributed by atoms with E-state index in [1.807, 2.05) is 6.07 Å². The van der Waals surface area contributed by atoms with Gasteiger partial charge in [0.15, 0.2) is 5.78 Å². The summed E-state index contributed by atoms with van der Waals surface area (Å²) in [6.07, 6.45) is 2.40. The number of rotatable bonds is 3. The van der Waals surface area contributed by atoms with Crippen LogP contribution in [0.4, 0.5) is 0 Å². The number of Topliss-reactive ketones (excluding diaryl/α,β-unsaturated/α-hetero) is 1. The Balaban J connectivity index is 2.53. The van der Waals surface area contributed by atoms with Crippen LogP contribution in [0.1, 0.15) is 30.0 Å². The first-order valence-electron chi connectivity index (χ1n) is 6.10. The number of benzene rings is 1. The highest BCUT2D eigenvalue weighted by atomic mass is 32.2. The van der Waals surface area contributed by atoms with Gasteiger partial charge in [-0.2, -0.15) is 5.26 Å². The van der Waals surface area contributed by atoms with Crippen LogP contribution in [-0.4, -0.2) is 16.2 Å². The van der Waals surface area contributed by atoms with Crippen molar-refractivity contribution in [2.24, 2.45) is 11.5 Å². The fourth-order valence-electron chi connectivity index (χ4n) is 2.34. The van der Waals surface area contributed by atoms with Crippen molar-refractivity contribution in [3.8, 4) is 6.07 Å². The molecule has 0 amide bonds. The number of nitrogens with two attached hydrogens (primary N) is 2. The summed E-state index contributed by atoms with van der Waals surface area (Å²) in [6, 6.07) is 6.09. The Hall–Kier alpha value is -1.97. The van der Waals surface area contributed by atoms with E-state index in [1.54, 1.807) is 18.2 Å². The molecule has 4 N–H and O–H groups in total. The third kappa shape index (κ3) is 2.50. The zero-order valence-corrected chi connectivity index (χ0v) is 11.9. The SMILES string of the molecule is CS(=O)c1cc(C#N)ccc1C(N)C1=C(N)CCC1=O. The smallest absolute Gasteiger partial charge is 0.162 e. The number of carbonyl (C=O) groups excluding carboxylic acids is 1. The molecule has 0 fully saturated rings. The number of nitriles is 1. The molecule has 2 rings (SSSR count). The molecule has 0 bridgehead atoms. The number of hydrogen-bond acceptors (Lipinski definition) is 5. The summed E-state index contributed by atoms with van der Waals surface area (Å²) in [6.45, 7) is 0. The lowest BCUT2D eigenvalue weighted by Crippen LogP contribution is -2.21. The quantitative estimate of drug-likeness (QED) is 0.858. The fraction of sp³-hybridized carbons (Fsp3) is 0.286. The maximum absolute atomic E-state index is 11.9. The van der Waals surface area contributed by atoms with Crippen LogP contribution >= 0.6 is 0 Å². The predicted octanol–water partition coefficient (Wildman–Crippen LogP) is 0.871. The summed E-state index contributed by atoms with van der Waals surface area (Å²) < 4.78 is 11.8. The first kappa shape index (κ1) is 14.4. The van der Waals surface area contributed by atoms with Crippen LogP contribution in [0.3, 0.4) is 0 Å². The Bertz CT molecular complexity index is 673. The molecule has 104 valence electrons. The lowest BCUT2D eigenvalue weighted by molar-refractivity contribution is -0.115. The van der Waals surface area contributed by atoms with E-state index in [4.69, 9.17) is 16.7 Å². The van der Waals surface area contributed by atoms with Crippen molar-refractivity contribution >= 4 is 16.6 Å². The molecule has 0 radical (unpaired) electrons. The predicted molar refractivity (Wildman–Crippen MR) is 75.9 cm³/mol. The Morgan fingerprint density at radius 1 is 1.40 bits per heavy atom. The van der Waals surface area contributed by atoms with E-state index in [2.05, 4.69) is 0 Å². The monoisotopic (exact) mass is 289 g/mol. The molecule has 0 heterocycles. The standard InChI is InChI=1S/C14H15N3O2S/c1-20(19)12-6-8(7-15)2-3-9(12)14(17)13-10(16)4-5-11(13)18/h2-3,6,14H,4-5,16-17H2,1H3. The van der Waals surface area contributed by atoms with Gasteiger partial charge in [-0.1, -0.05) is 6.07 Å². The summed E-state index contributed by atoms with van der Waals surface area (Å²) in [7, 11) is -1.30. The third-order valence-electron chi connectivity index (χ3n) is 3.37. The highest BCUT2D eigenvalue weighted by Crippen LogP contribution is 2.32. The van der Waals surface area contributed by atoms with Crippen LogP contribution in [0.15, 0.2) is 34.4 Å². The highest BCUT2D eigenvalue weighted by Gasteiger charge is 2.29. The first-order valence-corrected chi connectivity index (χ1v) is 7.66. The van der Waals surface area contributed by atoms with Crippen LogP contribution in [0.5, 0.6) is 0 Å². The molecule has 20 heavy (non-hydrogen) atoms. The minimum absolute atomic E-state index is 0.0628. The second kappa shape index (κ2) is 5.57. The van der Waals surface area contributed by atoms with Gasteiger partial charge in [0, 0.05) is 28.8 Å². The van der Waals surface area contributed by atoms with E-state index in [1.165, 1.54) is 6.26 Å². The average molecular weight is 289 g/mol. The van der Waals surface area contributed by atoms with E-state index in [9.17, 15) is 9.00 Å². The Labute approximate surface area is 119 Å². The van der Waals surface area contributed by atoms with Crippen LogP contribution in [0, 0.1) is 11.3 Å². The Morgan fingerprint density at radius 2 is 2.10 bits per heavy atom. The second-order valence-electron chi connectivity index (χ2n) is 4.66. The first-order chi connectivity index (χ1) is 9.45. The van der Waals surface area contributed by atoms with Crippen molar-refractivity contribution < 1.29 is 9.00 Å². The zero-order valence-electron chi connectivity index (χ0n) is 11.1. The van der Waals surface area contributed by atoms with Crippen LogP contribution < -0.4 is 11.5 Å². The van der Waals surface area contributed by atoms with Crippen LogP contribution in [-0.2, 0) is 15.6 Å². The molecule has 6 heteroatoms. The van der Waals surface area contributed by atoms with Gasteiger partial charge >= 0.3 is 0 Å². The van der Waals surface area contributed by atoms with Crippen LogP contribution in [0.2, 0.25) is 0 Å². The van der Waals surface area contributed by atoms with E-state index in [0.29, 0.717) is 40.1 Å². The number of nitrogens with zero attached hydrogens (tertiary/aromatic N) is 1. The summed E-state index contributed by atoms with van der Waals surface area (Å²) >= 11 is 0. The molecule has 0 aromatic heterocycles. The van der Waals surface area contributed by atoms with Crippen molar-refractivity contribution in [3.63, 3.8) is 0 Å². The summed E-state index contributed by atoms with van der Waals surface area (Å²) in [5.41, 5.74) is 13.9. The lowest BCUT2D eigenvalue weighted by Gasteiger charge is -2.17. The summed E-state index contributed by atoms with van der Waals surface area (Å²) in [5.74, 6) is -0.0628. The number of carbonyl (C=O) groups is 1. The van der Waals surface area contributed by atoms with Gasteiger partial charge in [-0.25, -0.2) is 0 Å². The van der Waals surface area contributed by atoms with Gasteiger partial charge in [0.2, 0.25) is 0 Å². The van der Waals surface area contributed by atoms with Crippen molar-refractivity contribution in [3.05, 3.63) is 40.6 Å². The molecular formula is C14H15N3O2S.